The molecular formula is C22H19ClF3N3O3. The number of aliphatic hydroxyl groups excluding tert-OH is 1. The molecule has 1 aromatic carbocycles. The van der Waals surface area contributed by atoms with Crippen LogP contribution in [0.1, 0.15) is 10.5 Å². The number of benzene rings is 1. The summed E-state index contributed by atoms with van der Waals surface area (Å²) in [4.78, 5) is 19.2. The Labute approximate surface area is 186 Å². The lowest BCUT2D eigenvalue weighted by atomic mass is 10.1. The number of nitrogens with zero attached hydrogens (tertiary/aromatic N) is 3. The summed E-state index contributed by atoms with van der Waals surface area (Å²) in [6.07, 6.45) is -1.32. The van der Waals surface area contributed by atoms with E-state index in [1.807, 2.05) is 0 Å². The zero-order valence-electron chi connectivity index (χ0n) is 16.7. The third kappa shape index (κ3) is 3.80. The van der Waals surface area contributed by atoms with E-state index >= 15 is 0 Å². The first kappa shape index (κ1) is 21.1. The summed E-state index contributed by atoms with van der Waals surface area (Å²) in [6.45, 7) is -0.108. The van der Waals surface area contributed by atoms with E-state index in [9.17, 15) is 23.1 Å². The maximum absolute atomic E-state index is 13.0. The number of fused-ring (bicyclic) bond motifs is 2. The zero-order valence-corrected chi connectivity index (χ0v) is 17.5. The van der Waals surface area contributed by atoms with Crippen molar-refractivity contribution >= 4 is 23.2 Å². The Morgan fingerprint density at radius 1 is 1.19 bits per heavy atom. The summed E-state index contributed by atoms with van der Waals surface area (Å²) in [5.41, 5.74) is 1.46. The van der Waals surface area contributed by atoms with Crippen LogP contribution in [0.25, 0.3) is 16.8 Å². The summed E-state index contributed by atoms with van der Waals surface area (Å²) >= 11 is 6.26. The largest absolute Gasteiger partial charge is 0.483 e. The van der Waals surface area contributed by atoms with Crippen LogP contribution in [-0.2, 0) is 0 Å². The number of aliphatic hydroxyl groups is 1. The van der Waals surface area contributed by atoms with Crippen molar-refractivity contribution in [1.82, 2.24) is 14.3 Å². The van der Waals surface area contributed by atoms with Gasteiger partial charge in [-0.15, -0.1) is 0 Å². The van der Waals surface area contributed by atoms with Crippen molar-refractivity contribution in [3.05, 3.63) is 53.4 Å². The number of carbonyl (C=O) groups excluding carboxylic acids is 1. The van der Waals surface area contributed by atoms with Crippen LogP contribution < -0.4 is 4.74 Å². The summed E-state index contributed by atoms with van der Waals surface area (Å²) in [7, 11) is 0. The molecule has 5 rings (SSSR count). The third-order valence-electron chi connectivity index (χ3n) is 6.17. The number of piperidine rings is 1. The molecule has 3 heterocycles. The second-order valence-electron chi connectivity index (χ2n) is 8.21. The van der Waals surface area contributed by atoms with Gasteiger partial charge in [-0.25, -0.2) is 4.98 Å². The second kappa shape index (κ2) is 7.67. The highest BCUT2D eigenvalue weighted by atomic mass is 35.5. The molecule has 1 saturated heterocycles. The van der Waals surface area contributed by atoms with Crippen molar-refractivity contribution < 1.29 is 27.8 Å². The van der Waals surface area contributed by atoms with Gasteiger partial charge < -0.3 is 19.1 Å². The van der Waals surface area contributed by atoms with Crippen molar-refractivity contribution in [3.8, 4) is 16.9 Å². The molecule has 0 unspecified atom stereocenters. The van der Waals surface area contributed by atoms with Crippen LogP contribution in [0.4, 0.5) is 13.2 Å². The summed E-state index contributed by atoms with van der Waals surface area (Å²) in [5, 5.41) is 9.65. The Morgan fingerprint density at radius 2 is 1.91 bits per heavy atom. The average molecular weight is 466 g/mol. The predicted octanol–water partition coefficient (Wildman–Crippen LogP) is 3.91. The number of hydrogen-bond acceptors (Lipinski definition) is 4. The molecule has 2 fully saturated rings. The van der Waals surface area contributed by atoms with E-state index in [0.717, 1.165) is 0 Å². The normalized spacial score (nSPS) is 22.3. The number of halogens is 4. The Hall–Kier alpha value is -2.78. The van der Waals surface area contributed by atoms with E-state index in [4.69, 9.17) is 16.3 Å². The van der Waals surface area contributed by atoms with Gasteiger partial charge in [0.2, 0.25) is 0 Å². The Bertz CT molecular complexity index is 1180. The molecule has 3 aromatic rings. The highest BCUT2D eigenvalue weighted by Gasteiger charge is 2.56. The topological polar surface area (TPSA) is 67.1 Å². The van der Waals surface area contributed by atoms with Gasteiger partial charge >= 0.3 is 6.18 Å². The quantitative estimate of drug-likeness (QED) is 0.620. The monoisotopic (exact) mass is 465 g/mol. The zero-order chi connectivity index (χ0) is 22.6. The van der Waals surface area contributed by atoms with Crippen molar-refractivity contribution in [1.29, 1.82) is 0 Å². The second-order valence-corrected chi connectivity index (χ2v) is 8.65. The van der Waals surface area contributed by atoms with Crippen molar-refractivity contribution in [2.75, 3.05) is 26.3 Å². The molecule has 1 N–H and O–H groups in total. The fourth-order valence-electron chi connectivity index (χ4n) is 4.59. The molecular weight excluding hydrogens is 447 g/mol. The van der Waals surface area contributed by atoms with Gasteiger partial charge in [0.1, 0.15) is 17.1 Å². The van der Waals surface area contributed by atoms with Crippen LogP contribution >= 0.6 is 11.6 Å². The Kier molecular flexibility index (Phi) is 5.05. The van der Waals surface area contributed by atoms with Gasteiger partial charge in [0.15, 0.2) is 6.61 Å². The van der Waals surface area contributed by atoms with Crippen LogP contribution in [0, 0.1) is 17.8 Å². The van der Waals surface area contributed by atoms with E-state index in [-0.39, 0.29) is 29.9 Å². The molecule has 0 spiro atoms. The molecule has 0 bridgehead atoms. The lowest BCUT2D eigenvalue weighted by Crippen LogP contribution is -2.32. The van der Waals surface area contributed by atoms with Gasteiger partial charge in [0.25, 0.3) is 5.91 Å². The molecule has 0 radical (unpaired) electrons. The molecule has 168 valence electrons. The lowest BCUT2D eigenvalue weighted by molar-refractivity contribution is -0.153. The molecule has 1 saturated carbocycles. The van der Waals surface area contributed by atoms with Crippen LogP contribution in [0.2, 0.25) is 5.02 Å². The van der Waals surface area contributed by atoms with Gasteiger partial charge in [-0.05, 0) is 29.9 Å². The van der Waals surface area contributed by atoms with Crippen LogP contribution in [-0.4, -0.2) is 57.8 Å². The standard InChI is InChI=1S/C22H19ClF3N3O3/c23-12-5-14(13-3-1-2-4-19(13)32-11-22(24,25)26)20-27-18(9-28(20)6-12)21(31)29-7-15-16(8-29)17(15)10-30/h1-6,9,15-17,30H,7-8,10-11H2/t15-,16-/m1/s1. The van der Waals surface area contributed by atoms with Crippen molar-refractivity contribution in [2.45, 2.75) is 6.18 Å². The molecule has 2 aromatic heterocycles. The lowest BCUT2D eigenvalue weighted by Gasteiger charge is -2.18. The summed E-state index contributed by atoms with van der Waals surface area (Å²) in [6, 6.07) is 7.91. The first-order valence-corrected chi connectivity index (χ1v) is 10.5. The highest BCUT2D eigenvalue weighted by Crippen LogP contribution is 2.51. The molecule has 6 nitrogen and oxygen atoms in total. The van der Waals surface area contributed by atoms with E-state index < -0.39 is 12.8 Å². The minimum atomic E-state index is -4.48. The number of aromatic nitrogens is 2. The van der Waals surface area contributed by atoms with Gasteiger partial charge in [-0.3, -0.25) is 4.79 Å². The number of amides is 1. The van der Waals surface area contributed by atoms with Gasteiger partial charge in [-0.2, -0.15) is 13.2 Å². The first-order chi connectivity index (χ1) is 15.2. The SMILES string of the molecule is O=C(c1cn2cc(Cl)cc(-c3ccccc3OCC(F)(F)F)c2n1)N1C[C@H]2C(CO)[C@@H]2C1. The van der Waals surface area contributed by atoms with Gasteiger partial charge in [0.05, 0.1) is 5.02 Å². The van der Waals surface area contributed by atoms with Crippen LogP contribution in [0.15, 0.2) is 42.7 Å². The number of alkyl halides is 3. The van der Waals surface area contributed by atoms with Gasteiger partial charge in [-0.1, -0.05) is 29.8 Å². The maximum atomic E-state index is 13.0. The van der Waals surface area contributed by atoms with Crippen molar-refractivity contribution in [3.63, 3.8) is 0 Å². The number of para-hydroxylation sites is 1. The average Bonchev–Trinajstić information content (AvgIpc) is 3.07. The van der Waals surface area contributed by atoms with Gasteiger partial charge in [0, 0.05) is 43.2 Å². The Balaban J connectivity index is 1.48. The molecule has 1 amide bonds. The van der Waals surface area contributed by atoms with E-state index in [1.165, 1.54) is 6.07 Å². The maximum Gasteiger partial charge on any atom is 0.422 e. The number of ether oxygens (including phenoxy) is 1. The third-order valence-corrected chi connectivity index (χ3v) is 6.38. The van der Waals surface area contributed by atoms with Crippen molar-refractivity contribution in [2.24, 2.45) is 17.8 Å². The number of carbonyl (C=O) groups is 1. The highest BCUT2D eigenvalue weighted by molar-refractivity contribution is 6.31. The molecule has 1 aliphatic heterocycles. The number of pyridine rings is 1. The van der Waals surface area contributed by atoms with Crippen LogP contribution in [0.3, 0.4) is 0 Å². The first-order valence-electron chi connectivity index (χ1n) is 10.1. The summed E-state index contributed by atoms with van der Waals surface area (Å²) < 4.78 is 44.7. The number of likely N-dealkylation sites (tertiary alicyclic amines) is 1. The van der Waals surface area contributed by atoms with E-state index in [2.05, 4.69) is 4.98 Å². The minimum absolute atomic E-state index is 0.0412. The van der Waals surface area contributed by atoms with Crippen LogP contribution in [0.5, 0.6) is 5.75 Å². The molecule has 2 aliphatic rings. The number of hydrogen-bond donors (Lipinski definition) is 1. The number of imidazole rings is 1. The minimum Gasteiger partial charge on any atom is -0.483 e. The fraction of sp³-hybridized carbons (Fsp3) is 0.364. The Morgan fingerprint density at radius 3 is 2.59 bits per heavy atom. The molecule has 32 heavy (non-hydrogen) atoms. The summed E-state index contributed by atoms with van der Waals surface area (Å²) in [5.74, 6) is 0.770. The smallest absolute Gasteiger partial charge is 0.422 e. The molecule has 1 aliphatic carbocycles. The fourth-order valence-corrected chi connectivity index (χ4v) is 4.80. The predicted molar refractivity (Wildman–Crippen MR) is 111 cm³/mol. The number of rotatable bonds is 5. The molecule has 10 heteroatoms. The molecule has 2 atom stereocenters. The van der Waals surface area contributed by atoms with E-state index in [1.54, 1.807) is 46.0 Å². The van der Waals surface area contributed by atoms with E-state index in [0.29, 0.717) is 46.7 Å².